The van der Waals surface area contributed by atoms with E-state index in [0.29, 0.717) is 50.3 Å². The average Bonchev–Trinajstić information content (AvgIpc) is 3.56. The van der Waals surface area contributed by atoms with Gasteiger partial charge >= 0.3 is 6.01 Å². The van der Waals surface area contributed by atoms with Crippen LogP contribution >= 0.6 is 0 Å². The van der Waals surface area contributed by atoms with Crippen LogP contribution in [0.2, 0.25) is 0 Å². The van der Waals surface area contributed by atoms with Crippen molar-refractivity contribution >= 4 is 34.9 Å². The van der Waals surface area contributed by atoms with Crippen molar-refractivity contribution in [3.05, 3.63) is 54.1 Å². The van der Waals surface area contributed by atoms with E-state index < -0.39 is 0 Å². The average molecular weight is 488 g/mol. The van der Waals surface area contributed by atoms with Crippen LogP contribution in [0.25, 0.3) is 11.4 Å². The zero-order valence-corrected chi connectivity index (χ0v) is 20.4. The number of piperazine rings is 1. The topological polar surface area (TPSA) is 119 Å². The summed E-state index contributed by atoms with van der Waals surface area (Å²) in [5.41, 5.74) is 3.75. The molecule has 2 aliphatic rings. The molecule has 10 heteroatoms. The molecule has 186 valence electrons. The number of nitrogens with zero attached hydrogens (tertiary/aromatic N) is 5. The Morgan fingerprint density at radius 1 is 1.11 bits per heavy atom. The summed E-state index contributed by atoms with van der Waals surface area (Å²) in [5.74, 6) is 0.156. The summed E-state index contributed by atoms with van der Waals surface area (Å²) in [6, 6.07) is 15.6. The summed E-state index contributed by atoms with van der Waals surface area (Å²) < 4.78 is 5.53. The summed E-state index contributed by atoms with van der Waals surface area (Å²) in [5, 5.41) is 15.2. The maximum atomic E-state index is 13.1. The number of benzene rings is 2. The molecule has 1 atom stereocenters. The lowest BCUT2D eigenvalue weighted by molar-refractivity contribution is -0.136. The first-order valence-electron chi connectivity index (χ1n) is 12.0. The molecule has 5 rings (SSSR count). The predicted octanol–water partition coefficient (Wildman–Crippen LogP) is 2.87. The molecule has 2 fully saturated rings. The lowest BCUT2D eigenvalue weighted by atomic mass is 10.1. The minimum Gasteiger partial charge on any atom is -0.388 e. The van der Waals surface area contributed by atoms with E-state index in [2.05, 4.69) is 15.5 Å². The first-order valence-corrected chi connectivity index (χ1v) is 12.0. The molecule has 2 aromatic carbocycles. The number of carbonyl (C=O) groups is 2. The van der Waals surface area contributed by atoms with Crippen molar-refractivity contribution in [2.24, 2.45) is 5.92 Å². The first-order chi connectivity index (χ1) is 17.4. The van der Waals surface area contributed by atoms with Gasteiger partial charge in [0.15, 0.2) is 0 Å². The number of aromatic nitrogens is 2. The Balaban J connectivity index is 1.20. The van der Waals surface area contributed by atoms with Crippen LogP contribution < -0.4 is 15.1 Å². The Morgan fingerprint density at radius 3 is 2.56 bits per heavy atom. The number of anilines is 3. The van der Waals surface area contributed by atoms with Gasteiger partial charge in [-0.25, -0.2) is 0 Å². The van der Waals surface area contributed by atoms with Crippen molar-refractivity contribution in [1.29, 1.82) is 5.41 Å². The van der Waals surface area contributed by atoms with E-state index in [9.17, 15) is 9.59 Å². The molecule has 0 spiro atoms. The van der Waals surface area contributed by atoms with Crippen molar-refractivity contribution < 1.29 is 14.1 Å². The molecular weight excluding hydrogens is 458 g/mol. The summed E-state index contributed by atoms with van der Waals surface area (Å²) >= 11 is 0. The molecule has 2 aliphatic heterocycles. The lowest BCUT2D eigenvalue weighted by Crippen LogP contribution is -2.50. The summed E-state index contributed by atoms with van der Waals surface area (Å²) in [6.45, 7) is 4.37. The second-order valence-corrected chi connectivity index (χ2v) is 9.09. The largest absolute Gasteiger partial charge is 0.388 e. The van der Waals surface area contributed by atoms with Crippen molar-refractivity contribution in [1.82, 2.24) is 15.0 Å². The molecular formula is C26H29N7O3. The zero-order chi connectivity index (χ0) is 25.2. The number of hydrogen-bond donors (Lipinski definition) is 2. The van der Waals surface area contributed by atoms with Crippen LogP contribution in [0.4, 0.5) is 17.4 Å². The SMILES string of the molecule is CNc1cc(-c2noc(N3CCN(C(=O)C4CC(=O)N(c5ccccc5)C4)CC3)n2)ccc1C(C)=N. The van der Waals surface area contributed by atoms with Gasteiger partial charge in [-0.15, -0.1) is 0 Å². The molecule has 2 N–H and O–H groups in total. The van der Waals surface area contributed by atoms with E-state index in [1.165, 1.54) is 0 Å². The van der Waals surface area contributed by atoms with Gasteiger partial charge in [0.05, 0.1) is 5.92 Å². The number of para-hydroxylation sites is 1. The van der Waals surface area contributed by atoms with E-state index >= 15 is 0 Å². The predicted molar refractivity (Wildman–Crippen MR) is 137 cm³/mol. The van der Waals surface area contributed by atoms with Gasteiger partial charge in [-0.2, -0.15) is 4.98 Å². The van der Waals surface area contributed by atoms with E-state index in [1.54, 1.807) is 11.8 Å². The summed E-state index contributed by atoms with van der Waals surface area (Å²) in [7, 11) is 1.81. The third-order valence-corrected chi connectivity index (χ3v) is 6.77. The third kappa shape index (κ3) is 4.53. The Kier molecular flexibility index (Phi) is 6.41. The molecule has 2 saturated heterocycles. The highest BCUT2D eigenvalue weighted by Crippen LogP contribution is 2.28. The van der Waals surface area contributed by atoms with Crippen LogP contribution in [0, 0.1) is 11.3 Å². The maximum Gasteiger partial charge on any atom is 0.324 e. The number of carbonyl (C=O) groups excluding carboxylic acids is 2. The molecule has 1 unspecified atom stereocenters. The highest BCUT2D eigenvalue weighted by molar-refractivity contribution is 6.02. The van der Waals surface area contributed by atoms with Crippen molar-refractivity contribution in [2.45, 2.75) is 13.3 Å². The molecule has 0 bridgehead atoms. The molecule has 3 aromatic rings. The Morgan fingerprint density at radius 2 is 1.86 bits per heavy atom. The number of hydrogen-bond acceptors (Lipinski definition) is 8. The van der Waals surface area contributed by atoms with Gasteiger partial charge in [0.2, 0.25) is 17.6 Å². The quantitative estimate of drug-likeness (QED) is 0.513. The fraction of sp³-hybridized carbons (Fsp3) is 0.346. The maximum absolute atomic E-state index is 13.1. The standard InChI is InChI=1S/C26H29N7O3/c1-17(27)21-9-8-18(14-22(21)28-2)24-29-26(36-30-24)32-12-10-31(11-13-32)25(35)19-15-23(34)33(16-19)20-6-4-3-5-7-20/h3-9,14,19,27-28H,10-13,15-16H2,1-2H3. The lowest BCUT2D eigenvalue weighted by Gasteiger charge is -2.34. The van der Waals surface area contributed by atoms with Crippen LogP contribution in [0.15, 0.2) is 53.1 Å². The Bertz CT molecular complexity index is 1280. The second-order valence-electron chi connectivity index (χ2n) is 9.09. The minimum absolute atomic E-state index is 0.0122. The van der Waals surface area contributed by atoms with Gasteiger partial charge < -0.3 is 29.9 Å². The molecule has 0 radical (unpaired) electrons. The smallest absolute Gasteiger partial charge is 0.324 e. The Hall–Kier alpha value is -4.21. The fourth-order valence-electron chi connectivity index (χ4n) is 4.79. The first kappa shape index (κ1) is 23.5. The van der Waals surface area contributed by atoms with Crippen molar-refractivity contribution in [3.8, 4) is 11.4 Å². The van der Waals surface area contributed by atoms with Crippen LogP contribution in [-0.2, 0) is 9.59 Å². The highest BCUT2D eigenvalue weighted by Gasteiger charge is 2.38. The molecule has 3 heterocycles. The zero-order valence-electron chi connectivity index (χ0n) is 20.4. The Labute approximate surface area is 209 Å². The van der Waals surface area contributed by atoms with Crippen LogP contribution in [0.1, 0.15) is 18.9 Å². The van der Waals surface area contributed by atoms with Crippen LogP contribution in [0.3, 0.4) is 0 Å². The van der Waals surface area contributed by atoms with Gasteiger partial charge in [0.1, 0.15) is 0 Å². The molecule has 0 saturated carbocycles. The molecule has 1 aromatic heterocycles. The molecule has 2 amide bonds. The van der Waals surface area contributed by atoms with Gasteiger partial charge in [-0.3, -0.25) is 9.59 Å². The van der Waals surface area contributed by atoms with E-state index in [4.69, 9.17) is 9.93 Å². The highest BCUT2D eigenvalue weighted by atomic mass is 16.5. The third-order valence-electron chi connectivity index (χ3n) is 6.77. The number of rotatable bonds is 6. The van der Waals surface area contributed by atoms with Gasteiger partial charge in [0.25, 0.3) is 0 Å². The monoisotopic (exact) mass is 487 g/mol. The molecule has 10 nitrogen and oxygen atoms in total. The van der Waals surface area contributed by atoms with Crippen LogP contribution in [0.5, 0.6) is 0 Å². The summed E-state index contributed by atoms with van der Waals surface area (Å²) in [4.78, 5) is 35.8. The van der Waals surface area contributed by atoms with Crippen molar-refractivity contribution in [3.63, 3.8) is 0 Å². The van der Waals surface area contributed by atoms with Gasteiger partial charge in [-0.05, 0) is 25.1 Å². The summed E-state index contributed by atoms with van der Waals surface area (Å²) in [6.07, 6.45) is 0.242. The van der Waals surface area contributed by atoms with Gasteiger partial charge in [-0.1, -0.05) is 35.5 Å². The van der Waals surface area contributed by atoms with E-state index in [1.807, 2.05) is 65.4 Å². The molecule has 0 aliphatic carbocycles. The molecule has 36 heavy (non-hydrogen) atoms. The van der Waals surface area contributed by atoms with E-state index in [-0.39, 0.29) is 24.2 Å². The van der Waals surface area contributed by atoms with Crippen molar-refractivity contribution in [2.75, 3.05) is 54.9 Å². The van der Waals surface area contributed by atoms with Gasteiger partial charge in [0, 0.05) is 74.4 Å². The van der Waals surface area contributed by atoms with Crippen LogP contribution in [-0.4, -0.2) is 72.3 Å². The minimum atomic E-state index is -0.326. The van der Waals surface area contributed by atoms with E-state index in [0.717, 1.165) is 22.5 Å². The normalized spacial score (nSPS) is 18.0. The second kappa shape index (κ2) is 9.80. The number of amides is 2. The fourth-order valence-corrected chi connectivity index (χ4v) is 4.79. The number of nitrogens with one attached hydrogen (secondary N) is 2.